The van der Waals surface area contributed by atoms with Gasteiger partial charge in [-0.1, -0.05) is 57.0 Å². The summed E-state index contributed by atoms with van der Waals surface area (Å²) in [6, 6.07) is 19.6. The van der Waals surface area contributed by atoms with Crippen molar-refractivity contribution in [3.8, 4) is 0 Å². The van der Waals surface area contributed by atoms with E-state index in [9.17, 15) is 4.79 Å². The van der Waals surface area contributed by atoms with E-state index in [1.54, 1.807) is 0 Å². The van der Waals surface area contributed by atoms with Crippen molar-refractivity contribution >= 4 is 22.6 Å². The molecule has 0 aliphatic rings. The fourth-order valence-electron chi connectivity index (χ4n) is 2.96. The third-order valence-corrected chi connectivity index (χ3v) is 4.57. The molecule has 1 heterocycles. The van der Waals surface area contributed by atoms with Gasteiger partial charge in [0, 0.05) is 10.9 Å². The van der Waals surface area contributed by atoms with Gasteiger partial charge in [-0.3, -0.25) is 4.79 Å². The zero-order valence-corrected chi connectivity index (χ0v) is 14.8. The highest BCUT2D eigenvalue weighted by Gasteiger charge is 2.09. The molecule has 0 saturated carbocycles. The normalized spacial score (nSPS) is 12.1. The molecule has 3 heteroatoms. The van der Waals surface area contributed by atoms with Gasteiger partial charge in [-0.2, -0.15) is 0 Å². The van der Waals surface area contributed by atoms with Crippen molar-refractivity contribution in [3.05, 3.63) is 71.8 Å². The Morgan fingerprint density at radius 1 is 1.04 bits per heavy atom. The molecule has 3 nitrogen and oxygen atoms in total. The van der Waals surface area contributed by atoms with Crippen LogP contribution in [0, 0.1) is 0 Å². The number of amides is 1. The Morgan fingerprint density at radius 2 is 1.80 bits per heavy atom. The van der Waals surface area contributed by atoms with Crippen LogP contribution in [0.4, 0.5) is 5.82 Å². The standard InChI is InChI=1S/C22H24N2O/c1-3-4-7-16(2)17-10-12-19(13-11-17)22(25)24-21-15-14-18-8-5-6-9-20(18)23-21/h5-6,8-16H,3-4,7H2,1-2H3,(H,23,24,25). The van der Waals surface area contributed by atoms with E-state index in [1.165, 1.54) is 24.8 Å². The summed E-state index contributed by atoms with van der Waals surface area (Å²) < 4.78 is 0. The molecule has 3 rings (SSSR count). The van der Waals surface area contributed by atoms with Crippen molar-refractivity contribution in [1.29, 1.82) is 0 Å². The Bertz CT molecular complexity index is 855. The highest BCUT2D eigenvalue weighted by atomic mass is 16.1. The van der Waals surface area contributed by atoms with E-state index < -0.39 is 0 Å². The van der Waals surface area contributed by atoms with E-state index in [-0.39, 0.29) is 5.91 Å². The lowest BCUT2D eigenvalue weighted by Gasteiger charge is -2.12. The first-order valence-corrected chi connectivity index (χ1v) is 8.94. The van der Waals surface area contributed by atoms with Crippen LogP contribution in [-0.4, -0.2) is 10.9 Å². The molecule has 0 aliphatic carbocycles. The van der Waals surface area contributed by atoms with Crippen molar-refractivity contribution in [2.24, 2.45) is 0 Å². The van der Waals surface area contributed by atoms with Gasteiger partial charge in [0.05, 0.1) is 5.52 Å². The van der Waals surface area contributed by atoms with Gasteiger partial charge in [-0.25, -0.2) is 4.98 Å². The molecule has 1 unspecified atom stereocenters. The topological polar surface area (TPSA) is 42.0 Å². The first-order valence-electron chi connectivity index (χ1n) is 8.94. The Balaban J connectivity index is 1.69. The maximum Gasteiger partial charge on any atom is 0.256 e. The zero-order chi connectivity index (χ0) is 17.6. The number of para-hydroxylation sites is 1. The SMILES string of the molecule is CCCCC(C)c1ccc(C(=O)Nc2ccc3ccccc3n2)cc1. The predicted octanol–water partition coefficient (Wildman–Crippen LogP) is 5.78. The van der Waals surface area contributed by atoms with E-state index >= 15 is 0 Å². The number of hydrogen-bond acceptors (Lipinski definition) is 2. The van der Waals surface area contributed by atoms with Gasteiger partial charge in [0.25, 0.3) is 5.91 Å². The highest BCUT2D eigenvalue weighted by Crippen LogP contribution is 2.22. The monoisotopic (exact) mass is 332 g/mol. The first kappa shape index (κ1) is 17.2. The van der Waals surface area contributed by atoms with Crippen LogP contribution in [0.15, 0.2) is 60.7 Å². The van der Waals surface area contributed by atoms with E-state index in [4.69, 9.17) is 0 Å². The molecule has 0 fully saturated rings. The van der Waals surface area contributed by atoms with E-state index in [0.29, 0.717) is 17.3 Å². The van der Waals surface area contributed by atoms with Crippen molar-refractivity contribution in [2.75, 3.05) is 5.32 Å². The minimum Gasteiger partial charge on any atom is -0.307 e. The summed E-state index contributed by atoms with van der Waals surface area (Å²) >= 11 is 0. The minimum atomic E-state index is -0.129. The third-order valence-electron chi connectivity index (χ3n) is 4.57. The molecule has 0 radical (unpaired) electrons. The molecule has 2 aromatic carbocycles. The van der Waals surface area contributed by atoms with Crippen molar-refractivity contribution in [3.63, 3.8) is 0 Å². The second kappa shape index (κ2) is 7.93. The summed E-state index contributed by atoms with van der Waals surface area (Å²) in [5.41, 5.74) is 2.82. The van der Waals surface area contributed by atoms with Crippen LogP contribution in [0.1, 0.15) is 54.9 Å². The van der Waals surface area contributed by atoms with Crippen LogP contribution < -0.4 is 5.32 Å². The number of pyridine rings is 1. The Labute approximate surface area is 149 Å². The molecular formula is C22H24N2O. The number of benzene rings is 2. The lowest BCUT2D eigenvalue weighted by Crippen LogP contribution is -2.13. The molecule has 1 atom stereocenters. The molecule has 0 bridgehead atoms. The summed E-state index contributed by atoms with van der Waals surface area (Å²) in [6.45, 7) is 4.45. The largest absolute Gasteiger partial charge is 0.307 e. The maximum absolute atomic E-state index is 12.5. The Kier molecular flexibility index (Phi) is 5.44. The minimum absolute atomic E-state index is 0.129. The van der Waals surface area contributed by atoms with Crippen molar-refractivity contribution < 1.29 is 4.79 Å². The Hall–Kier alpha value is -2.68. The summed E-state index contributed by atoms with van der Waals surface area (Å²) in [7, 11) is 0. The van der Waals surface area contributed by atoms with Gasteiger partial charge in [0.1, 0.15) is 5.82 Å². The number of carbonyl (C=O) groups excluding carboxylic acids is 1. The van der Waals surface area contributed by atoms with Gasteiger partial charge >= 0.3 is 0 Å². The lowest BCUT2D eigenvalue weighted by atomic mass is 9.95. The van der Waals surface area contributed by atoms with Crippen LogP contribution >= 0.6 is 0 Å². The van der Waals surface area contributed by atoms with E-state index in [2.05, 4.69) is 36.3 Å². The average molecular weight is 332 g/mol. The molecule has 1 N–H and O–H groups in total. The fraction of sp³-hybridized carbons (Fsp3) is 0.273. The molecule has 0 saturated heterocycles. The summed E-state index contributed by atoms with van der Waals surface area (Å²) in [4.78, 5) is 16.9. The van der Waals surface area contributed by atoms with Crippen LogP contribution in [0.3, 0.4) is 0 Å². The molecule has 3 aromatic rings. The maximum atomic E-state index is 12.5. The number of carbonyl (C=O) groups is 1. The van der Waals surface area contributed by atoms with E-state index in [1.807, 2.05) is 48.5 Å². The van der Waals surface area contributed by atoms with Crippen molar-refractivity contribution in [1.82, 2.24) is 4.98 Å². The van der Waals surface area contributed by atoms with Gasteiger partial charge in [-0.05, 0) is 48.2 Å². The average Bonchev–Trinajstić information content (AvgIpc) is 2.66. The number of unbranched alkanes of at least 4 members (excludes halogenated alkanes) is 1. The summed E-state index contributed by atoms with van der Waals surface area (Å²) in [6.07, 6.45) is 3.63. The van der Waals surface area contributed by atoms with E-state index in [0.717, 1.165) is 10.9 Å². The first-order chi connectivity index (χ1) is 12.2. The van der Waals surface area contributed by atoms with Crippen molar-refractivity contribution in [2.45, 2.75) is 39.0 Å². The lowest BCUT2D eigenvalue weighted by molar-refractivity contribution is 0.102. The molecule has 1 aromatic heterocycles. The number of rotatable bonds is 6. The number of nitrogens with one attached hydrogen (secondary N) is 1. The summed E-state index contributed by atoms with van der Waals surface area (Å²) in [5, 5.41) is 3.94. The van der Waals surface area contributed by atoms with Crippen LogP contribution in [0.25, 0.3) is 10.9 Å². The van der Waals surface area contributed by atoms with Crippen LogP contribution in [0.2, 0.25) is 0 Å². The quantitative estimate of drug-likeness (QED) is 0.621. The second-order valence-corrected chi connectivity index (χ2v) is 6.51. The predicted molar refractivity (Wildman–Crippen MR) is 104 cm³/mol. The van der Waals surface area contributed by atoms with Crippen LogP contribution in [0.5, 0.6) is 0 Å². The van der Waals surface area contributed by atoms with Gasteiger partial charge in [-0.15, -0.1) is 0 Å². The fourth-order valence-corrected chi connectivity index (χ4v) is 2.96. The molecular weight excluding hydrogens is 308 g/mol. The third kappa shape index (κ3) is 4.24. The molecule has 0 spiro atoms. The zero-order valence-electron chi connectivity index (χ0n) is 14.8. The van der Waals surface area contributed by atoms with Gasteiger partial charge in [0.2, 0.25) is 0 Å². The molecule has 0 aliphatic heterocycles. The second-order valence-electron chi connectivity index (χ2n) is 6.51. The molecule has 1 amide bonds. The van der Waals surface area contributed by atoms with Gasteiger partial charge in [0.15, 0.2) is 0 Å². The number of anilines is 1. The number of hydrogen-bond donors (Lipinski definition) is 1. The highest BCUT2D eigenvalue weighted by molar-refractivity contribution is 6.04. The van der Waals surface area contributed by atoms with Crippen LogP contribution in [-0.2, 0) is 0 Å². The Morgan fingerprint density at radius 3 is 2.56 bits per heavy atom. The molecule has 25 heavy (non-hydrogen) atoms. The summed E-state index contributed by atoms with van der Waals surface area (Å²) in [5.74, 6) is 0.971. The number of aromatic nitrogens is 1. The number of fused-ring (bicyclic) bond motifs is 1. The molecule has 128 valence electrons. The van der Waals surface area contributed by atoms with Gasteiger partial charge < -0.3 is 5.32 Å². The number of nitrogens with zero attached hydrogens (tertiary/aromatic N) is 1. The smallest absolute Gasteiger partial charge is 0.256 e.